The van der Waals surface area contributed by atoms with Crippen molar-refractivity contribution in [3.05, 3.63) is 51.7 Å². The molecule has 21 heavy (non-hydrogen) atoms. The summed E-state index contributed by atoms with van der Waals surface area (Å²) >= 11 is 0. The summed E-state index contributed by atoms with van der Waals surface area (Å²) in [5.74, 6) is 0.296. The minimum atomic E-state index is -0.562. The second-order valence-corrected chi connectivity index (χ2v) is 4.47. The molecule has 0 saturated heterocycles. The lowest BCUT2D eigenvalue weighted by Crippen LogP contribution is -2.11. The first kappa shape index (κ1) is 14.7. The second-order valence-electron chi connectivity index (χ2n) is 4.47. The number of benzene rings is 1. The van der Waals surface area contributed by atoms with Crippen LogP contribution in [0.3, 0.4) is 0 Å². The van der Waals surface area contributed by atoms with Gasteiger partial charge in [-0.2, -0.15) is 4.68 Å². The molecule has 0 aliphatic heterocycles. The summed E-state index contributed by atoms with van der Waals surface area (Å²) in [6.45, 7) is 3.99. The summed E-state index contributed by atoms with van der Waals surface area (Å²) in [6, 6.07) is 6.76. The molecule has 0 spiro atoms. The van der Waals surface area contributed by atoms with E-state index in [1.807, 2.05) is 6.92 Å². The zero-order valence-electron chi connectivity index (χ0n) is 11.8. The average Bonchev–Trinajstić information content (AvgIpc) is 2.81. The van der Waals surface area contributed by atoms with E-state index in [-0.39, 0.29) is 18.1 Å². The van der Waals surface area contributed by atoms with Gasteiger partial charge < -0.3 is 14.9 Å². The van der Waals surface area contributed by atoms with Crippen LogP contribution in [0.2, 0.25) is 0 Å². The molecule has 0 saturated carbocycles. The lowest BCUT2D eigenvalue weighted by Gasteiger charge is -2.03. The molecule has 1 aromatic heterocycles. The Hall–Kier alpha value is -2.70. The van der Waals surface area contributed by atoms with Gasteiger partial charge in [-0.15, -0.1) is 0 Å². The zero-order valence-corrected chi connectivity index (χ0v) is 11.8. The SMILES string of the molecule is CCOc1ccc(C(=O)Cn2cc(C)c([N+](=O)[O-])n2)cc1. The van der Waals surface area contributed by atoms with Crippen molar-refractivity contribution in [2.45, 2.75) is 20.4 Å². The van der Waals surface area contributed by atoms with Gasteiger partial charge in [0.15, 0.2) is 5.78 Å². The van der Waals surface area contributed by atoms with Gasteiger partial charge in [-0.1, -0.05) is 0 Å². The zero-order chi connectivity index (χ0) is 15.4. The standard InChI is InChI=1S/C14H15N3O4/c1-3-21-12-6-4-11(5-7-12)13(18)9-16-8-10(2)14(15-16)17(19)20/h4-8H,3,9H2,1-2H3. The first-order valence-electron chi connectivity index (χ1n) is 6.45. The van der Waals surface area contributed by atoms with Crippen LogP contribution >= 0.6 is 0 Å². The van der Waals surface area contributed by atoms with E-state index in [4.69, 9.17) is 4.74 Å². The topological polar surface area (TPSA) is 87.3 Å². The maximum atomic E-state index is 12.1. The van der Waals surface area contributed by atoms with Crippen molar-refractivity contribution in [3.8, 4) is 5.75 Å². The van der Waals surface area contributed by atoms with Crippen molar-refractivity contribution in [2.75, 3.05) is 6.61 Å². The van der Waals surface area contributed by atoms with Crippen molar-refractivity contribution in [3.63, 3.8) is 0 Å². The fraction of sp³-hybridized carbons (Fsp3) is 0.286. The molecule has 1 aromatic carbocycles. The van der Waals surface area contributed by atoms with Crippen LogP contribution in [0.5, 0.6) is 5.75 Å². The van der Waals surface area contributed by atoms with Gasteiger partial charge in [-0.25, -0.2) is 0 Å². The third-order valence-electron chi connectivity index (χ3n) is 2.88. The number of aryl methyl sites for hydroxylation is 1. The summed E-state index contributed by atoms with van der Waals surface area (Å²) in [5.41, 5.74) is 0.939. The number of ketones is 1. The maximum Gasteiger partial charge on any atom is 0.392 e. The molecular formula is C14H15N3O4. The Kier molecular flexibility index (Phi) is 4.32. The molecule has 0 atom stereocenters. The van der Waals surface area contributed by atoms with Gasteiger partial charge >= 0.3 is 5.82 Å². The molecule has 110 valence electrons. The first-order chi connectivity index (χ1) is 10.0. The molecule has 0 bridgehead atoms. The number of rotatable bonds is 6. The number of carbonyl (C=O) groups is 1. The summed E-state index contributed by atoms with van der Waals surface area (Å²) in [6.07, 6.45) is 1.49. The van der Waals surface area contributed by atoms with E-state index in [9.17, 15) is 14.9 Å². The highest BCUT2D eigenvalue weighted by Gasteiger charge is 2.19. The van der Waals surface area contributed by atoms with E-state index < -0.39 is 4.92 Å². The Morgan fingerprint density at radius 3 is 2.57 bits per heavy atom. The summed E-state index contributed by atoms with van der Waals surface area (Å²) in [7, 11) is 0. The van der Waals surface area contributed by atoms with Crippen molar-refractivity contribution in [1.29, 1.82) is 0 Å². The van der Waals surface area contributed by atoms with Crippen LogP contribution in [-0.4, -0.2) is 27.1 Å². The van der Waals surface area contributed by atoms with Crippen molar-refractivity contribution >= 4 is 11.6 Å². The smallest absolute Gasteiger partial charge is 0.392 e. The molecule has 0 aliphatic carbocycles. The molecule has 1 heterocycles. The third-order valence-corrected chi connectivity index (χ3v) is 2.88. The monoisotopic (exact) mass is 289 g/mol. The summed E-state index contributed by atoms with van der Waals surface area (Å²) in [5, 5.41) is 14.5. The minimum Gasteiger partial charge on any atom is -0.494 e. The molecule has 7 nitrogen and oxygen atoms in total. The van der Waals surface area contributed by atoms with E-state index in [0.717, 1.165) is 0 Å². The Balaban J connectivity index is 2.10. The van der Waals surface area contributed by atoms with Gasteiger partial charge in [0.2, 0.25) is 0 Å². The third kappa shape index (κ3) is 3.44. The number of hydrogen-bond donors (Lipinski definition) is 0. The molecule has 0 aliphatic rings. The lowest BCUT2D eigenvalue weighted by atomic mass is 10.1. The number of nitrogens with zero attached hydrogens (tertiary/aromatic N) is 3. The fourth-order valence-electron chi connectivity index (χ4n) is 1.91. The van der Waals surface area contributed by atoms with Crippen molar-refractivity contribution < 1.29 is 14.5 Å². The van der Waals surface area contributed by atoms with Crippen LogP contribution in [0.15, 0.2) is 30.5 Å². The number of hydrogen-bond acceptors (Lipinski definition) is 5. The molecular weight excluding hydrogens is 274 g/mol. The molecule has 0 N–H and O–H groups in total. The molecule has 0 radical (unpaired) electrons. The van der Waals surface area contributed by atoms with E-state index in [1.54, 1.807) is 31.2 Å². The highest BCUT2D eigenvalue weighted by molar-refractivity contribution is 5.95. The van der Waals surface area contributed by atoms with Crippen LogP contribution in [0, 0.1) is 17.0 Å². The van der Waals surface area contributed by atoms with Crippen LogP contribution in [0.25, 0.3) is 0 Å². The van der Waals surface area contributed by atoms with E-state index >= 15 is 0 Å². The predicted molar refractivity (Wildman–Crippen MR) is 75.6 cm³/mol. The number of carbonyl (C=O) groups excluding carboxylic acids is 1. The Morgan fingerprint density at radius 1 is 1.38 bits per heavy atom. The number of ether oxygens (including phenoxy) is 1. The largest absolute Gasteiger partial charge is 0.494 e. The average molecular weight is 289 g/mol. The number of Topliss-reactive ketones (excluding diaryl/α,β-unsaturated/α-hetero) is 1. The second kappa shape index (κ2) is 6.17. The van der Waals surface area contributed by atoms with Gasteiger partial charge in [0.05, 0.1) is 23.5 Å². The van der Waals surface area contributed by atoms with E-state index in [0.29, 0.717) is 23.5 Å². The van der Waals surface area contributed by atoms with Crippen molar-refractivity contribution in [2.24, 2.45) is 0 Å². The number of aromatic nitrogens is 2. The van der Waals surface area contributed by atoms with Gasteiger partial charge in [-0.05, 0) is 43.0 Å². The minimum absolute atomic E-state index is 0.0390. The molecule has 0 fully saturated rings. The van der Waals surface area contributed by atoms with Gasteiger partial charge in [0.1, 0.15) is 12.3 Å². The summed E-state index contributed by atoms with van der Waals surface area (Å²) in [4.78, 5) is 22.3. The van der Waals surface area contributed by atoms with Crippen LogP contribution in [0.4, 0.5) is 5.82 Å². The normalized spacial score (nSPS) is 10.4. The Morgan fingerprint density at radius 2 is 2.05 bits per heavy atom. The summed E-state index contributed by atoms with van der Waals surface area (Å²) < 4.78 is 6.58. The molecule has 2 aromatic rings. The fourth-order valence-corrected chi connectivity index (χ4v) is 1.91. The quantitative estimate of drug-likeness (QED) is 0.463. The maximum absolute atomic E-state index is 12.1. The lowest BCUT2D eigenvalue weighted by molar-refractivity contribution is -0.390. The Labute approximate surface area is 121 Å². The highest BCUT2D eigenvalue weighted by atomic mass is 16.6. The van der Waals surface area contributed by atoms with Gasteiger partial charge in [-0.3, -0.25) is 4.79 Å². The first-order valence-corrected chi connectivity index (χ1v) is 6.45. The molecule has 7 heteroatoms. The van der Waals surface area contributed by atoms with E-state index in [2.05, 4.69) is 5.10 Å². The van der Waals surface area contributed by atoms with E-state index in [1.165, 1.54) is 10.9 Å². The predicted octanol–water partition coefficient (Wildman–Crippen LogP) is 2.38. The van der Waals surface area contributed by atoms with Crippen molar-refractivity contribution in [1.82, 2.24) is 9.78 Å². The van der Waals surface area contributed by atoms with Crippen LogP contribution < -0.4 is 4.74 Å². The number of nitro groups is 1. The molecule has 0 unspecified atom stereocenters. The van der Waals surface area contributed by atoms with Crippen LogP contribution in [-0.2, 0) is 6.54 Å². The Bertz CT molecular complexity index is 661. The highest BCUT2D eigenvalue weighted by Crippen LogP contribution is 2.16. The van der Waals surface area contributed by atoms with Crippen LogP contribution in [0.1, 0.15) is 22.8 Å². The van der Waals surface area contributed by atoms with Gasteiger partial charge in [0.25, 0.3) is 0 Å². The van der Waals surface area contributed by atoms with Gasteiger partial charge in [0, 0.05) is 5.56 Å². The molecule has 0 amide bonds. The molecule has 2 rings (SSSR count).